The van der Waals surface area contributed by atoms with Crippen LogP contribution in [0.3, 0.4) is 0 Å². The number of benzene rings is 1. The van der Waals surface area contributed by atoms with Crippen molar-refractivity contribution in [3.05, 3.63) is 28.8 Å². The number of hydrogen-bond acceptors (Lipinski definition) is 9. The zero-order valence-corrected chi connectivity index (χ0v) is 22.9. The summed E-state index contributed by atoms with van der Waals surface area (Å²) in [5, 5.41) is 6.19. The number of rotatable bonds is 4. The molecule has 1 unspecified atom stereocenters. The highest BCUT2D eigenvalue weighted by Crippen LogP contribution is 2.44. The van der Waals surface area contributed by atoms with Crippen LogP contribution in [0.5, 0.6) is 11.9 Å². The second-order valence-electron chi connectivity index (χ2n) is 10.4. The van der Waals surface area contributed by atoms with Crippen LogP contribution in [0.4, 0.5) is 37.8 Å². The van der Waals surface area contributed by atoms with Gasteiger partial charge in [0.2, 0.25) is 5.88 Å². The zero-order chi connectivity index (χ0) is 30.2. The smallest absolute Gasteiger partial charge is 0.417 e. The Labute approximate surface area is 237 Å². The Morgan fingerprint density at radius 1 is 1.10 bits per heavy atom. The third kappa shape index (κ3) is 5.98. The first-order valence-corrected chi connectivity index (χ1v) is 13.5. The van der Waals surface area contributed by atoms with Gasteiger partial charge in [0.25, 0.3) is 0 Å². The first kappa shape index (κ1) is 29.9. The molecule has 4 heterocycles. The monoisotopic (exact) mass is 600 g/mol. The largest absolute Gasteiger partial charge is 0.474 e. The van der Waals surface area contributed by atoms with Crippen LogP contribution in [-0.4, -0.2) is 66.2 Å². The van der Waals surface area contributed by atoms with Crippen molar-refractivity contribution < 1.29 is 40.6 Å². The number of nitrogens with zero attached hydrogens (tertiary/aromatic N) is 3. The number of anilines is 2. The van der Waals surface area contributed by atoms with Crippen LogP contribution in [0.1, 0.15) is 37.3 Å². The fourth-order valence-corrected chi connectivity index (χ4v) is 4.97. The van der Waals surface area contributed by atoms with Gasteiger partial charge in [0.05, 0.1) is 17.4 Å². The highest BCUT2D eigenvalue weighted by atomic mass is 19.4. The van der Waals surface area contributed by atoms with Gasteiger partial charge in [-0.3, -0.25) is 0 Å². The molecule has 0 aliphatic carbocycles. The molecular weight excluding hydrogens is 570 g/mol. The lowest BCUT2D eigenvalue weighted by Crippen LogP contribution is -2.37. The maximum Gasteiger partial charge on any atom is 0.417 e. The van der Waals surface area contributed by atoms with E-state index in [0.29, 0.717) is 32.1 Å². The molecule has 0 spiro atoms. The lowest BCUT2D eigenvalue weighted by molar-refractivity contribution is -0.137. The Morgan fingerprint density at radius 2 is 1.83 bits per heavy atom. The van der Waals surface area contributed by atoms with E-state index in [1.54, 1.807) is 6.92 Å². The van der Waals surface area contributed by atoms with Gasteiger partial charge in [-0.05, 0) is 38.4 Å². The molecule has 5 rings (SSSR count). The molecule has 0 radical (unpaired) electrons. The minimum atomic E-state index is -5.08. The summed E-state index contributed by atoms with van der Waals surface area (Å²) in [6, 6.07) is 0.279. The Bertz CT molecular complexity index is 1480. The minimum absolute atomic E-state index is 0.0320. The normalized spacial score (nSPS) is 19.5. The Kier molecular flexibility index (Phi) is 8.25. The number of halogens is 6. The maximum absolute atomic E-state index is 16.4. The minimum Gasteiger partial charge on any atom is -0.474 e. The second kappa shape index (κ2) is 11.6. The highest BCUT2D eigenvalue weighted by molar-refractivity contribution is 5.96. The van der Waals surface area contributed by atoms with E-state index in [4.69, 9.17) is 19.9 Å². The molecule has 1 fully saturated rings. The number of nitrogen functional groups attached to an aromatic ring is 1. The van der Waals surface area contributed by atoms with E-state index in [1.807, 2.05) is 0 Å². The molecule has 2 aliphatic rings. The fraction of sp³-hybridized carbons (Fsp3) is 0.519. The van der Waals surface area contributed by atoms with Gasteiger partial charge in [0.1, 0.15) is 40.5 Å². The third-order valence-corrected chi connectivity index (χ3v) is 7.28. The van der Waals surface area contributed by atoms with Crippen LogP contribution in [0.25, 0.3) is 22.2 Å². The van der Waals surface area contributed by atoms with Gasteiger partial charge in [-0.1, -0.05) is 0 Å². The van der Waals surface area contributed by atoms with Crippen LogP contribution < -0.4 is 25.8 Å². The molecule has 3 aromatic rings. The number of alkyl halides is 4. The van der Waals surface area contributed by atoms with Crippen molar-refractivity contribution in [1.29, 1.82) is 0 Å². The standard InChI is InChI=1S/C27H30F6N6O3/c1-13-3-6-35-7-8-36-23-17-22(38-25(39-23)41-12-26(30)4-9-40-10-5-26)20(29)21(37-24(17)42-13)15-11-16(34)19(28)14(2)18(15)27(31,32)33/h11,13,35H,3-10,12,34H2,1-2H3,(H,36,38,39). The number of aromatic nitrogens is 3. The average molecular weight is 601 g/mol. The van der Waals surface area contributed by atoms with E-state index in [0.717, 1.165) is 6.92 Å². The van der Waals surface area contributed by atoms with E-state index >= 15 is 8.78 Å². The van der Waals surface area contributed by atoms with Crippen molar-refractivity contribution in [2.75, 3.05) is 50.5 Å². The van der Waals surface area contributed by atoms with E-state index in [1.165, 1.54) is 0 Å². The zero-order valence-electron chi connectivity index (χ0n) is 22.9. The van der Waals surface area contributed by atoms with Gasteiger partial charge in [-0.2, -0.15) is 23.1 Å². The van der Waals surface area contributed by atoms with Crippen LogP contribution in [-0.2, 0) is 10.9 Å². The molecule has 9 nitrogen and oxygen atoms in total. The average Bonchev–Trinajstić information content (AvgIpc) is 2.96. The summed E-state index contributed by atoms with van der Waals surface area (Å²) in [6.07, 6.45) is -4.95. The second-order valence-corrected chi connectivity index (χ2v) is 10.4. The molecule has 2 aliphatic heterocycles. The Hall–Kier alpha value is -3.59. The van der Waals surface area contributed by atoms with Gasteiger partial charge < -0.3 is 30.6 Å². The lowest BCUT2D eigenvalue weighted by Gasteiger charge is -2.28. The summed E-state index contributed by atoms with van der Waals surface area (Å²) < 4.78 is 106. The molecule has 1 atom stereocenters. The van der Waals surface area contributed by atoms with Gasteiger partial charge in [-0.25, -0.2) is 18.2 Å². The molecule has 0 amide bonds. The summed E-state index contributed by atoms with van der Waals surface area (Å²) >= 11 is 0. The molecule has 228 valence electrons. The summed E-state index contributed by atoms with van der Waals surface area (Å²) in [7, 11) is 0. The quantitative estimate of drug-likeness (QED) is 0.283. The van der Waals surface area contributed by atoms with Crippen molar-refractivity contribution >= 4 is 22.4 Å². The number of nitrogens with one attached hydrogen (secondary N) is 2. The summed E-state index contributed by atoms with van der Waals surface area (Å²) in [5.74, 6) is -2.76. The van der Waals surface area contributed by atoms with E-state index in [2.05, 4.69) is 25.6 Å². The maximum atomic E-state index is 16.4. The van der Waals surface area contributed by atoms with E-state index in [9.17, 15) is 17.6 Å². The Balaban J connectivity index is 1.74. The molecular formula is C27H30F6N6O3. The van der Waals surface area contributed by atoms with Crippen molar-refractivity contribution in [3.8, 4) is 23.1 Å². The first-order chi connectivity index (χ1) is 19.9. The molecule has 0 saturated carbocycles. The summed E-state index contributed by atoms with van der Waals surface area (Å²) in [5.41, 5.74) is -1.00. The van der Waals surface area contributed by atoms with Crippen LogP contribution in [0, 0.1) is 18.6 Å². The van der Waals surface area contributed by atoms with Crippen LogP contribution in [0.2, 0.25) is 0 Å². The predicted molar refractivity (Wildman–Crippen MR) is 142 cm³/mol. The first-order valence-electron chi connectivity index (χ1n) is 13.5. The molecule has 2 aromatic heterocycles. The van der Waals surface area contributed by atoms with E-state index < -0.39 is 75.8 Å². The SMILES string of the molecule is Cc1c(F)c(N)cc(-c2nc3c4c(nc(OCC5(F)CCOCC5)nc4c2F)NCCNCCC(C)O3)c1C(F)(F)F. The van der Waals surface area contributed by atoms with Crippen molar-refractivity contribution in [3.63, 3.8) is 0 Å². The van der Waals surface area contributed by atoms with Crippen molar-refractivity contribution in [1.82, 2.24) is 20.3 Å². The van der Waals surface area contributed by atoms with Gasteiger partial charge >= 0.3 is 12.2 Å². The van der Waals surface area contributed by atoms with Gasteiger partial charge in [0.15, 0.2) is 5.82 Å². The molecule has 1 saturated heterocycles. The highest BCUT2D eigenvalue weighted by Gasteiger charge is 2.39. The van der Waals surface area contributed by atoms with Crippen molar-refractivity contribution in [2.24, 2.45) is 0 Å². The van der Waals surface area contributed by atoms with Gasteiger partial charge in [0, 0.05) is 44.7 Å². The lowest BCUT2D eigenvalue weighted by atomic mass is 9.96. The summed E-state index contributed by atoms with van der Waals surface area (Å²) in [6.45, 7) is 3.92. The number of nitrogens with two attached hydrogens (primary N) is 1. The predicted octanol–water partition coefficient (Wildman–Crippen LogP) is 4.95. The molecule has 1 aromatic carbocycles. The van der Waals surface area contributed by atoms with Crippen LogP contribution >= 0.6 is 0 Å². The number of hydrogen-bond donors (Lipinski definition) is 3. The molecule has 42 heavy (non-hydrogen) atoms. The topological polar surface area (TPSA) is 116 Å². The molecule has 0 bridgehead atoms. The van der Waals surface area contributed by atoms with E-state index in [-0.39, 0.29) is 43.1 Å². The Morgan fingerprint density at radius 3 is 2.55 bits per heavy atom. The fourth-order valence-electron chi connectivity index (χ4n) is 4.97. The van der Waals surface area contributed by atoms with Crippen LogP contribution in [0.15, 0.2) is 6.07 Å². The van der Waals surface area contributed by atoms with Gasteiger partial charge in [-0.15, -0.1) is 0 Å². The molecule has 4 N–H and O–H groups in total. The molecule has 15 heteroatoms. The number of pyridine rings is 1. The summed E-state index contributed by atoms with van der Waals surface area (Å²) in [4.78, 5) is 12.6. The number of ether oxygens (including phenoxy) is 3. The van der Waals surface area contributed by atoms with Crippen molar-refractivity contribution in [2.45, 2.75) is 51.1 Å². The third-order valence-electron chi connectivity index (χ3n) is 7.28.